The molecule has 1 heterocycles. The Morgan fingerprint density at radius 3 is 2.74 bits per heavy atom. The average molecular weight is 270 g/mol. The van der Waals surface area contributed by atoms with E-state index in [1.165, 1.54) is 0 Å². The summed E-state index contributed by atoms with van der Waals surface area (Å²) in [4.78, 5) is 24.6. The zero-order valence-corrected chi connectivity index (χ0v) is 12.0. The summed E-state index contributed by atoms with van der Waals surface area (Å²) in [6.45, 7) is 6.14. The molecule has 0 aliphatic carbocycles. The van der Waals surface area contributed by atoms with Gasteiger partial charge in [-0.3, -0.25) is 14.5 Å². The number of nitrogens with zero attached hydrogens (tertiary/aromatic N) is 1. The van der Waals surface area contributed by atoms with Crippen molar-refractivity contribution in [1.29, 1.82) is 0 Å². The Bertz CT molecular complexity index is 305. The van der Waals surface area contributed by atoms with Gasteiger partial charge >= 0.3 is 5.97 Å². The number of likely N-dealkylation sites (tertiary alicyclic amines) is 1. The van der Waals surface area contributed by atoms with Gasteiger partial charge < -0.3 is 10.4 Å². The third-order valence-corrected chi connectivity index (χ3v) is 3.49. The molecular formula is C14H26N2O3. The molecule has 0 spiro atoms. The molecule has 0 aromatic rings. The van der Waals surface area contributed by atoms with E-state index in [4.69, 9.17) is 5.11 Å². The van der Waals surface area contributed by atoms with Gasteiger partial charge in [0.15, 0.2) is 0 Å². The van der Waals surface area contributed by atoms with Gasteiger partial charge in [-0.25, -0.2) is 0 Å². The predicted octanol–water partition coefficient (Wildman–Crippen LogP) is 1.48. The van der Waals surface area contributed by atoms with Crippen molar-refractivity contribution in [2.45, 2.75) is 52.0 Å². The van der Waals surface area contributed by atoms with Crippen LogP contribution in [0.4, 0.5) is 0 Å². The number of amides is 1. The van der Waals surface area contributed by atoms with Crippen molar-refractivity contribution in [2.24, 2.45) is 5.92 Å². The first-order valence-corrected chi connectivity index (χ1v) is 7.21. The van der Waals surface area contributed by atoms with Crippen molar-refractivity contribution in [3.8, 4) is 0 Å². The van der Waals surface area contributed by atoms with Crippen LogP contribution in [0, 0.1) is 5.92 Å². The Morgan fingerprint density at radius 2 is 2.11 bits per heavy atom. The molecule has 0 saturated carbocycles. The monoisotopic (exact) mass is 270 g/mol. The van der Waals surface area contributed by atoms with Gasteiger partial charge in [-0.15, -0.1) is 0 Å². The summed E-state index contributed by atoms with van der Waals surface area (Å²) >= 11 is 0. The van der Waals surface area contributed by atoms with Crippen molar-refractivity contribution in [3.63, 3.8) is 0 Å². The Labute approximate surface area is 115 Å². The van der Waals surface area contributed by atoms with Crippen LogP contribution in [0.1, 0.15) is 46.0 Å². The first-order valence-electron chi connectivity index (χ1n) is 7.21. The number of carbonyl (C=O) groups excluding carboxylic acids is 1. The van der Waals surface area contributed by atoms with Crippen LogP contribution in [0.2, 0.25) is 0 Å². The number of nitrogens with one attached hydrogen (secondary N) is 1. The molecule has 1 unspecified atom stereocenters. The number of carbonyl (C=O) groups is 2. The molecule has 0 radical (unpaired) electrons. The van der Waals surface area contributed by atoms with Crippen LogP contribution < -0.4 is 5.32 Å². The van der Waals surface area contributed by atoms with Crippen LogP contribution in [0.25, 0.3) is 0 Å². The predicted molar refractivity (Wildman–Crippen MR) is 73.9 cm³/mol. The molecule has 110 valence electrons. The van der Waals surface area contributed by atoms with Crippen LogP contribution in [0.5, 0.6) is 0 Å². The smallest absolute Gasteiger partial charge is 0.303 e. The molecule has 0 aromatic carbocycles. The molecule has 1 rings (SSSR count). The quantitative estimate of drug-likeness (QED) is 0.735. The van der Waals surface area contributed by atoms with Crippen molar-refractivity contribution in [1.82, 2.24) is 10.2 Å². The van der Waals surface area contributed by atoms with Gasteiger partial charge in [-0.1, -0.05) is 20.3 Å². The molecule has 1 amide bonds. The van der Waals surface area contributed by atoms with E-state index in [0.29, 0.717) is 25.4 Å². The van der Waals surface area contributed by atoms with Crippen molar-refractivity contribution < 1.29 is 14.7 Å². The molecule has 1 fully saturated rings. The normalized spacial score (nSPS) is 20.5. The molecule has 1 atom stereocenters. The number of piperidine rings is 1. The zero-order chi connectivity index (χ0) is 14.3. The molecule has 19 heavy (non-hydrogen) atoms. The lowest BCUT2D eigenvalue weighted by Gasteiger charge is -2.35. The lowest BCUT2D eigenvalue weighted by molar-refractivity contribution is -0.137. The molecule has 1 saturated heterocycles. The molecular weight excluding hydrogens is 244 g/mol. The standard InChI is InChI=1S/C14H26N2O3/c1-11(2)9-15-13(17)10-16-8-4-3-5-12(16)6-7-14(18)19/h11-12H,3-10H2,1-2H3,(H,15,17)(H,18,19). The van der Waals surface area contributed by atoms with E-state index < -0.39 is 5.97 Å². The van der Waals surface area contributed by atoms with Crippen LogP contribution in [-0.2, 0) is 9.59 Å². The Morgan fingerprint density at radius 1 is 1.37 bits per heavy atom. The third kappa shape index (κ3) is 6.57. The molecule has 5 heteroatoms. The summed E-state index contributed by atoms with van der Waals surface area (Å²) in [5.74, 6) is -0.251. The van der Waals surface area contributed by atoms with E-state index in [1.807, 2.05) is 0 Å². The largest absolute Gasteiger partial charge is 0.481 e. The summed E-state index contributed by atoms with van der Waals surface area (Å²) in [6.07, 6.45) is 4.07. The Balaban J connectivity index is 2.38. The molecule has 0 aromatic heterocycles. The molecule has 1 aliphatic rings. The topological polar surface area (TPSA) is 69.6 Å². The number of hydrogen-bond acceptors (Lipinski definition) is 3. The van der Waals surface area contributed by atoms with E-state index in [1.54, 1.807) is 0 Å². The maximum absolute atomic E-state index is 11.8. The number of carboxylic acids is 1. The van der Waals surface area contributed by atoms with Crippen LogP contribution in [-0.4, -0.2) is 47.6 Å². The summed E-state index contributed by atoms with van der Waals surface area (Å²) in [7, 11) is 0. The number of rotatable bonds is 7. The van der Waals surface area contributed by atoms with Crippen LogP contribution >= 0.6 is 0 Å². The fourth-order valence-corrected chi connectivity index (χ4v) is 2.44. The van der Waals surface area contributed by atoms with E-state index in [9.17, 15) is 9.59 Å². The Kier molecular flexibility index (Phi) is 6.84. The first-order chi connectivity index (χ1) is 8.99. The second-order valence-electron chi connectivity index (χ2n) is 5.75. The second kappa shape index (κ2) is 8.15. The van der Waals surface area contributed by atoms with Gasteiger partial charge in [0.25, 0.3) is 0 Å². The minimum absolute atomic E-state index is 0.0518. The number of carboxylic acid groups (broad SMARTS) is 1. The zero-order valence-electron chi connectivity index (χ0n) is 12.0. The molecule has 2 N–H and O–H groups in total. The van der Waals surface area contributed by atoms with E-state index in [0.717, 1.165) is 25.8 Å². The third-order valence-electron chi connectivity index (χ3n) is 3.49. The molecule has 5 nitrogen and oxygen atoms in total. The summed E-state index contributed by atoms with van der Waals surface area (Å²) in [5, 5.41) is 11.7. The maximum Gasteiger partial charge on any atom is 0.303 e. The van der Waals surface area contributed by atoms with Crippen molar-refractivity contribution in [3.05, 3.63) is 0 Å². The highest BCUT2D eigenvalue weighted by atomic mass is 16.4. The fourth-order valence-electron chi connectivity index (χ4n) is 2.44. The second-order valence-corrected chi connectivity index (χ2v) is 5.75. The highest BCUT2D eigenvalue weighted by Crippen LogP contribution is 2.20. The van der Waals surface area contributed by atoms with Gasteiger partial charge in [-0.05, 0) is 31.7 Å². The van der Waals surface area contributed by atoms with Gasteiger partial charge in [0.1, 0.15) is 0 Å². The van der Waals surface area contributed by atoms with E-state index >= 15 is 0 Å². The van der Waals surface area contributed by atoms with Gasteiger partial charge in [0.05, 0.1) is 6.54 Å². The highest BCUT2D eigenvalue weighted by Gasteiger charge is 2.24. The lowest BCUT2D eigenvalue weighted by atomic mass is 9.98. The van der Waals surface area contributed by atoms with Gasteiger partial charge in [0.2, 0.25) is 5.91 Å². The fraction of sp³-hybridized carbons (Fsp3) is 0.857. The summed E-state index contributed by atoms with van der Waals surface area (Å²) in [6, 6.07) is 0.245. The number of aliphatic carboxylic acids is 1. The minimum atomic E-state index is -0.755. The van der Waals surface area contributed by atoms with Gasteiger partial charge in [0, 0.05) is 19.0 Å². The first kappa shape index (κ1) is 16.0. The average Bonchev–Trinajstić information content (AvgIpc) is 2.35. The molecule has 0 bridgehead atoms. The van der Waals surface area contributed by atoms with Crippen LogP contribution in [0.3, 0.4) is 0 Å². The lowest BCUT2D eigenvalue weighted by Crippen LogP contribution is -2.46. The molecule has 1 aliphatic heterocycles. The van der Waals surface area contributed by atoms with Crippen molar-refractivity contribution >= 4 is 11.9 Å². The SMILES string of the molecule is CC(C)CNC(=O)CN1CCCCC1CCC(=O)O. The summed E-state index contributed by atoms with van der Waals surface area (Å²) in [5.41, 5.74) is 0. The van der Waals surface area contributed by atoms with E-state index in [2.05, 4.69) is 24.1 Å². The highest BCUT2D eigenvalue weighted by molar-refractivity contribution is 5.78. The maximum atomic E-state index is 11.8. The summed E-state index contributed by atoms with van der Waals surface area (Å²) < 4.78 is 0. The Hall–Kier alpha value is -1.10. The van der Waals surface area contributed by atoms with Gasteiger partial charge in [-0.2, -0.15) is 0 Å². The van der Waals surface area contributed by atoms with Crippen molar-refractivity contribution in [2.75, 3.05) is 19.6 Å². The minimum Gasteiger partial charge on any atom is -0.481 e. The number of hydrogen-bond donors (Lipinski definition) is 2. The van der Waals surface area contributed by atoms with E-state index in [-0.39, 0.29) is 18.4 Å². The van der Waals surface area contributed by atoms with Crippen LogP contribution in [0.15, 0.2) is 0 Å².